The summed E-state index contributed by atoms with van der Waals surface area (Å²) < 4.78 is 5.33. The predicted molar refractivity (Wildman–Crippen MR) is 52.3 cm³/mol. The fourth-order valence-electron chi connectivity index (χ4n) is 1.85. The Morgan fingerprint density at radius 1 is 1.42 bits per heavy atom. The number of hydrogen-bond donors (Lipinski definition) is 0. The van der Waals surface area contributed by atoms with Gasteiger partial charge in [0.15, 0.2) is 0 Å². The molecular weight excluding hydrogens is 148 g/mol. The molecule has 0 amide bonds. The Balaban J connectivity index is 2.45. The average molecular weight is 168 g/mol. The van der Waals surface area contributed by atoms with Crippen molar-refractivity contribution in [2.75, 3.05) is 7.11 Å². The molecule has 0 unspecified atom stereocenters. The van der Waals surface area contributed by atoms with Crippen LogP contribution in [-0.2, 0) is 4.74 Å². The van der Waals surface area contributed by atoms with Crippen molar-refractivity contribution in [2.45, 2.75) is 52.1 Å². The molecule has 0 radical (unpaired) electrons. The summed E-state index contributed by atoms with van der Waals surface area (Å²) in [5, 5.41) is 0. The molecule has 1 heteroatoms. The third-order valence-corrected chi connectivity index (χ3v) is 3.00. The standard InChI is InChI=1S/C11H20O/c1-4-9(2)10-5-7-11(12-3)8-6-10/h11H,4-8H2,1-3H3. The quantitative estimate of drug-likeness (QED) is 0.575. The van der Waals surface area contributed by atoms with Crippen LogP contribution in [0.4, 0.5) is 0 Å². The topological polar surface area (TPSA) is 9.23 Å². The molecule has 0 saturated heterocycles. The van der Waals surface area contributed by atoms with E-state index < -0.39 is 0 Å². The fraction of sp³-hybridized carbons (Fsp3) is 0.818. The zero-order valence-corrected chi connectivity index (χ0v) is 8.52. The van der Waals surface area contributed by atoms with E-state index in [0.717, 1.165) is 0 Å². The summed E-state index contributed by atoms with van der Waals surface area (Å²) in [6.07, 6.45) is 6.72. The minimum atomic E-state index is 0.526. The average Bonchev–Trinajstić information content (AvgIpc) is 2.17. The first kappa shape index (κ1) is 9.79. The minimum Gasteiger partial charge on any atom is -0.381 e. The van der Waals surface area contributed by atoms with Gasteiger partial charge in [0.2, 0.25) is 0 Å². The Bertz CT molecular complexity index is 160. The molecule has 0 N–H and O–H groups in total. The Morgan fingerprint density at radius 3 is 2.42 bits per heavy atom. The first-order chi connectivity index (χ1) is 5.77. The first-order valence-electron chi connectivity index (χ1n) is 4.98. The van der Waals surface area contributed by atoms with Crippen molar-refractivity contribution in [3.05, 3.63) is 11.1 Å². The van der Waals surface area contributed by atoms with Gasteiger partial charge in [-0.15, -0.1) is 0 Å². The van der Waals surface area contributed by atoms with Gasteiger partial charge in [0.05, 0.1) is 6.10 Å². The van der Waals surface area contributed by atoms with Crippen LogP contribution >= 0.6 is 0 Å². The molecule has 1 fully saturated rings. The van der Waals surface area contributed by atoms with Crippen molar-refractivity contribution in [3.63, 3.8) is 0 Å². The molecule has 1 rings (SSSR count). The lowest BCUT2D eigenvalue weighted by Crippen LogP contribution is -2.16. The molecule has 1 aliphatic carbocycles. The molecule has 0 aromatic heterocycles. The van der Waals surface area contributed by atoms with Gasteiger partial charge >= 0.3 is 0 Å². The van der Waals surface area contributed by atoms with Crippen molar-refractivity contribution in [3.8, 4) is 0 Å². The maximum atomic E-state index is 5.33. The highest BCUT2D eigenvalue weighted by molar-refractivity contribution is 5.13. The number of allylic oxidation sites excluding steroid dienone is 2. The van der Waals surface area contributed by atoms with E-state index in [2.05, 4.69) is 13.8 Å². The summed E-state index contributed by atoms with van der Waals surface area (Å²) in [6, 6.07) is 0. The third kappa shape index (κ3) is 2.34. The summed E-state index contributed by atoms with van der Waals surface area (Å²) in [4.78, 5) is 0. The third-order valence-electron chi connectivity index (χ3n) is 3.00. The van der Waals surface area contributed by atoms with Crippen molar-refractivity contribution in [2.24, 2.45) is 0 Å². The van der Waals surface area contributed by atoms with Crippen LogP contribution in [-0.4, -0.2) is 13.2 Å². The van der Waals surface area contributed by atoms with Gasteiger partial charge in [-0.25, -0.2) is 0 Å². The molecule has 0 spiro atoms. The maximum Gasteiger partial charge on any atom is 0.0577 e. The number of ether oxygens (including phenoxy) is 1. The Morgan fingerprint density at radius 2 is 2.00 bits per heavy atom. The second-order valence-corrected chi connectivity index (χ2v) is 3.67. The van der Waals surface area contributed by atoms with Crippen molar-refractivity contribution < 1.29 is 4.74 Å². The number of methoxy groups -OCH3 is 1. The Hall–Kier alpha value is -0.300. The summed E-state index contributed by atoms with van der Waals surface area (Å²) in [7, 11) is 1.83. The molecule has 12 heavy (non-hydrogen) atoms. The van der Waals surface area contributed by atoms with Gasteiger partial charge in [-0.2, -0.15) is 0 Å². The smallest absolute Gasteiger partial charge is 0.0577 e. The van der Waals surface area contributed by atoms with Gasteiger partial charge in [-0.05, 0) is 39.0 Å². The van der Waals surface area contributed by atoms with E-state index in [0.29, 0.717) is 6.10 Å². The van der Waals surface area contributed by atoms with E-state index in [1.54, 1.807) is 11.1 Å². The van der Waals surface area contributed by atoms with Crippen LogP contribution < -0.4 is 0 Å². The lowest BCUT2D eigenvalue weighted by atomic mass is 9.89. The van der Waals surface area contributed by atoms with Crippen LogP contribution in [0.1, 0.15) is 46.0 Å². The highest BCUT2D eigenvalue weighted by atomic mass is 16.5. The highest BCUT2D eigenvalue weighted by Crippen LogP contribution is 2.28. The van der Waals surface area contributed by atoms with Crippen LogP contribution in [0.3, 0.4) is 0 Å². The van der Waals surface area contributed by atoms with Gasteiger partial charge in [0.25, 0.3) is 0 Å². The zero-order chi connectivity index (χ0) is 8.97. The van der Waals surface area contributed by atoms with Gasteiger partial charge in [-0.1, -0.05) is 18.1 Å². The maximum absolute atomic E-state index is 5.33. The summed E-state index contributed by atoms with van der Waals surface area (Å²) in [6.45, 7) is 4.51. The van der Waals surface area contributed by atoms with Crippen LogP contribution in [0.2, 0.25) is 0 Å². The van der Waals surface area contributed by atoms with Crippen molar-refractivity contribution in [1.82, 2.24) is 0 Å². The van der Waals surface area contributed by atoms with Crippen LogP contribution in [0.5, 0.6) is 0 Å². The number of hydrogen-bond acceptors (Lipinski definition) is 1. The van der Waals surface area contributed by atoms with Gasteiger partial charge in [-0.3, -0.25) is 0 Å². The molecule has 0 bridgehead atoms. The van der Waals surface area contributed by atoms with Gasteiger partial charge in [0.1, 0.15) is 0 Å². The Kier molecular flexibility index (Phi) is 3.80. The fourth-order valence-corrected chi connectivity index (χ4v) is 1.85. The van der Waals surface area contributed by atoms with Crippen molar-refractivity contribution in [1.29, 1.82) is 0 Å². The largest absolute Gasteiger partial charge is 0.381 e. The predicted octanol–water partition coefficient (Wildman–Crippen LogP) is 3.30. The van der Waals surface area contributed by atoms with Gasteiger partial charge < -0.3 is 4.74 Å². The van der Waals surface area contributed by atoms with Crippen LogP contribution in [0.25, 0.3) is 0 Å². The first-order valence-corrected chi connectivity index (χ1v) is 4.98. The lowest BCUT2D eigenvalue weighted by molar-refractivity contribution is 0.0799. The summed E-state index contributed by atoms with van der Waals surface area (Å²) in [5.41, 5.74) is 3.29. The second kappa shape index (κ2) is 4.66. The summed E-state index contributed by atoms with van der Waals surface area (Å²) in [5.74, 6) is 0. The molecule has 0 aliphatic heterocycles. The van der Waals surface area contributed by atoms with E-state index in [1.165, 1.54) is 32.1 Å². The molecular formula is C11H20O. The van der Waals surface area contributed by atoms with E-state index in [9.17, 15) is 0 Å². The van der Waals surface area contributed by atoms with E-state index in [1.807, 2.05) is 7.11 Å². The minimum absolute atomic E-state index is 0.526. The normalized spacial score (nSPS) is 24.2. The second-order valence-electron chi connectivity index (χ2n) is 3.67. The molecule has 1 nitrogen and oxygen atoms in total. The molecule has 0 heterocycles. The van der Waals surface area contributed by atoms with E-state index >= 15 is 0 Å². The molecule has 0 aromatic carbocycles. The number of rotatable bonds is 2. The SMILES string of the molecule is CCC(C)=C1CCC(OC)CC1. The monoisotopic (exact) mass is 168 g/mol. The lowest BCUT2D eigenvalue weighted by Gasteiger charge is -2.24. The zero-order valence-electron chi connectivity index (χ0n) is 8.52. The van der Waals surface area contributed by atoms with Crippen LogP contribution in [0, 0.1) is 0 Å². The van der Waals surface area contributed by atoms with E-state index in [-0.39, 0.29) is 0 Å². The van der Waals surface area contributed by atoms with Gasteiger partial charge in [0, 0.05) is 7.11 Å². The highest BCUT2D eigenvalue weighted by Gasteiger charge is 2.16. The molecule has 0 aromatic rings. The molecule has 1 saturated carbocycles. The molecule has 70 valence electrons. The van der Waals surface area contributed by atoms with Crippen LogP contribution in [0.15, 0.2) is 11.1 Å². The van der Waals surface area contributed by atoms with E-state index in [4.69, 9.17) is 4.74 Å². The summed E-state index contributed by atoms with van der Waals surface area (Å²) >= 11 is 0. The Labute approximate surface area is 75.8 Å². The van der Waals surface area contributed by atoms with Crippen molar-refractivity contribution >= 4 is 0 Å². The molecule has 1 aliphatic rings. The molecule has 0 atom stereocenters.